The molecule has 1 atom stereocenters. The molecule has 1 heterocycles. The molecule has 0 aliphatic heterocycles. The van der Waals surface area contributed by atoms with E-state index in [4.69, 9.17) is 10.5 Å². The molecule has 0 fully saturated rings. The van der Waals surface area contributed by atoms with E-state index in [-0.39, 0.29) is 6.04 Å². The van der Waals surface area contributed by atoms with Crippen LogP contribution < -0.4 is 16.0 Å². The van der Waals surface area contributed by atoms with Gasteiger partial charge in [-0.3, -0.25) is 0 Å². The molecule has 7 heteroatoms. The fourth-order valence-electron chi connectivity index (χ4n) is 1.46. The maximum Gasteiger partial charge on any atom is 0.407 e. The number of thiazole rings is 1. The summed E-state index contributed by atoms with van der Waals surface area (Å²) in [5, 5.41) is 3.63. The maximum atomic E-state index is 11.5. The Morgan fingerprint density at radius 2 is 2.20 bits per heavy atom. The third-order valence-corrected chi connectivity index (χ3v) is 3.48. The van der Waals surface area contributed by atoms with Crippen LogP contribution in [-0.4, -0.2) is 43.4 Å². The summed E-state index contributed by atoms with van der Waals surface area (Å²) in [7, 11) is 3.90. The molecular formula is C13H24N4O2S. The molecule has 1 unspecified atom stereocenters. The Labute approximate surface area is 124 Å². The zero-order valence-electron chi connectivity index (χ0n) is 12.8. The van der Waals surface area contributed by atoms with E-state index in [1.54, 1.807) is 11.3 Å². The van der Waals surface area contributed by atoms with Gasteiger partial charge in [-0.1, -0.05) is 0 Å². The fraction of sp³-hybridized carbons (Fsp3) is 0.692. The van der Waals surface area contributed by atoms with E-state index < -0.39 is 11.7 Å². The smallest absolute Gasteiger partial charge is 0.407 e. The van der Waals surface area contributed by atoms with Crippen LogP contribution in [0.4, 0.5) is 9.93 Å². The van der Waals surface area contributed by atoms with E-state index in [2.05, 4.69) is 10.3 Å². The highest BCUT2D eigenvalue weighted by atomic mass is 32.1. The minimum absolute atomic E-state index is 0.155. The molecule has 0 aliphatic rings. The second-order valence-electron chi connectivity index (χ2n) is 5.85. The molecule has 0 aliphatic carbocycles. The van der Waals surface area contributed by atoms with Crippen molar-refractivity contribution in [3.63, 3.8) is 0 Å². The van der Waals surface area contributed by atoms with Crippen LogP contribution in [-0.2, 0) is 11.2 Å². The van der Waals surface area contributed by atoms with Crippen molar-refractivity contribution in [3.05, 3.63) is 11.1 Å². The molecule has 1 amide bonds. The molecule has 0 bridgehead atoms. The first-order valence-electron chi connectivity index (χ1n) is 6.52. The van der Waals surface area contributed by atoms with Crippen LogP contribution in [0, 0.1) is 0 Å². The van der Waals surface area contributed by atoms with Crippen molar-refractivity contribution in [1.29, 1.82) is 0 Å². The van der Waals surface area contributed by atoms with Crippen LogP contribution in [0.1, 0.15) is 25.6 Å². The lowest BCUT2D eigenvalue weighted by Crippen LogP contribution is -2.40. The summed E-state index contributed by atoms with van der Waals surface area (Å²) in [5.74, 6) is 0. The topological polar surface area (TPSA) is 80.5 Å². The molecule has 1 aromatic heterocycles. The van der Waals surface area contributed by atoms with Gasteiger partial charge in [0.15, 0.2) is 5.13 Å². The summed E-state index contributed by atoms with van der Waals surface area (Å²) in [6.45, 7) is 5.86. The number of anilines is 1. The minimum Gasteiger partial charge on any atom is -0.444 e. The van der Waals surface area contributed by atoms with Crippen molar-refractivity contribution in [1.82, 2.24) is 10.3 Å². The Kier molecular flexibility index (Phi) is 5.76. The molecule has 3 N–H and O–H groups in total. The predicted octanol–water partition coefficient (Wildman–Crippen LogP) is 1.60. The van der Waals surface area contributed by atoms with E-state index in [1.165, 1.54) is 0 Å². The third kappa shape index (κ3) is 6.21. The quantitative estimate of drug-likeness (QED) is 0.863. The summed E-state index contributed by atoms with van der Waals surface area (Å²) in [6.07, 6.45) is 2.07. The molecule has 1 rings (SSSR count). The summed E-state index contributed by atoms with van der Waals surface area (Å²) in [6, 6.07) is -0.155. The Hall–Kier alpha value is -1.34. The van der Waals surface area contributed by atoms with E-state index in [1.807, 2.05) is 46.0 Å². The van der Waals surface area contributed by atoms with Gasteiger partial charge in [0.25, 0.3) is 0 Å². The molecule has 1 aromatic rings. The number of rotatable bonds is 5. The van der Waals surface area contributed by atoms with E-state index >= 15 is 0 Å². The molecule has 0 saturated carbocycles. The first kappa shape index (κ1) is 16.7. The highest BCUT2D eigenvalue weighted by molar-refractivity contribution is 7.15. The normalized spacial score (nSPS) is 12.9. The van der Waals surface area contributed by atoms with Gasteiger partial charge >= 0.3 is 6.09 Å². The number of aromatic nitrogens is 1. The number of nitrogens with zero attached hydrogens (tertiary/aromatic N) is 2. The summed E-state index contributed by atoms with van der Waals surface area (Å²) in [4.78, 5) is 18.9. The van der Waals surface area contributed by atoms with Crippen LogP contribution in [0.2, 0.25) is 0 Å². The van der Waals surface area contributed by atoms with Gasteiger partial charge in [-0.15, -0.1) is 11.3 Å². The van der Waals surface area contributed by atoms with Gasteiger partial charge < -0.3 is 20.7 Å². The first-order chi connectivity index (χ1) is 9.17. The molecule has 0 radical (unpaired) electrons. The number of ether oxygens (including phenoxy) is 1. The van der Waals surface area contributed by atoms with Crippen LogP contribution in [0.15, 0.2) is 6.20 Å². The highest BCUT2D eigenvalue weighted by Gasteiger charge is 2.17. The number of hydrogen-bond donors (Lipinski definition) is 2. The Morgan fingerprint density at radius 1 is 1.55 bits per heavy atom. The van der Waals surface area contributed by atoms with Crippen LogP contribution in [0.3, 0.4) is 0 Å². The average Bonchev–Trinajstić information content (AvgIpc) is 2.72. The second kappa shape index (κ2) is 6.90. The van der Waals surface area contributed by atoms with Gasteiger partial charge in [0.2, 0.25) is 0 Å². The number of hydrogen-bond acceptors (Lipinski definition) is 6. The van der Waals surface area contributed by atoms with Crippen molar-refractivity contribution in [2.45, 2.75) is 38.8 Å². The van der Waals surface area contributed by atoms with Gasteiger partial charge in [-0.25, -0.2) is 9.78 Å². The van der Waals surface area contributed by atoms with Crippen molar-refractivity contribution >= 4 is 22.6 Å². The van der Waals surface area contributed by atoms with Crippen LogP contribution >= 0.6 is 11.3 Å². The number of carbonyl (C=O) groups excluding carboxylic acids is 1. The van der Waals surface area contributed by atoms with E-state index in [0.717, 1.165) is 10.0 Å². The predicted molar refractivity (Wildman–Crippen MR) is 82.4 cm³/mol. The molecule has 0 saturated heterocycles. The van der Waals surface area contributed by atoms with Gasteiger partial charge in [0, 0.05) is 44.2 Å². The molecule has 0 spiro atoms. The molecule has 6 nitrogen and oxygen atoms in total. The summed E-state index contributed by atoms with van der Waals surface area (Å²) < 4.78 is 5.15. The Bertz CT molecular complexity index is 440. The van der Waals surface area contributed by atoms with Crippen molar-refractivity contribution in [3.8, 4) is 0 Å². The molecule has 114 valence electrons. The summed E-state index contributed by atoms with van der Waals surface area (Å²) >= 11 is 1.60. The third-order valence-electron chi connectivity index (χ3n) is 2.29. The minimum atomic E-state index is -0.494. The van der Waals surface area contributed by atoms with Gasteiger partial charge in [-0.2, -0.15) is 0 Å². The lowest BCUT2D eigenvalue weighted by Gasteiger charge is -2.20. The van der Waals surface area contributed by atoms with Crippen molar-refractivity contribution in [2.24, 2.45) is 5.73 Å². The Balaban J connectivity index is 2.36. The van der Waals surface area contributed by atoms with Gasteiger partial charge in [0.1, 0.15) is 5.60 Å². The SMILES string of the molecule is CN(C)c1ncc(CC(N)CNC(=O)OC(C)(C)C)s1. The summed E-state index contributed by atoms with van der Waals surface area (Å²) in [5.41, 5.74) is 5.50. The lowest BCUT2D eigenvalue weighted by molar-refractivity contribution is 0.0524. The number of alkyl carbamates (subject to hydrolysis) is 1. The standard InChI is InChI=1S/C13H24N4O2S/c1-13(2,3)19-12(18)16-7-9(14)6-10-8-15-11(20-10)17(4)5/h8-9H,6-7,14H2,1-5H3,(H,16,18). The van der Waals surface area contributed by atoms with E-state index in [9.17, 15) is 4.79 Å². The molecule has 20 heavy (non-hydrogen) atoms. The fourth-order valence-corrected chi connectivity index (χ4v) is 2.38. The van der Waals surface area contributed by atoms with Crippen molar-refractivity contribution < 1.29 is 9.53 Å². The van der Waals surface area contributed by atoms with Crippen molar-refractivity contribution in [2.75, 3.05) is 25.5 Å². The average molecular weight is 300 g/mol. The van der Waals surface area contributed by atoms with E-state index in [0.29, 0.717) is 13.0 Å². The lowest BCUT2D eigenvalue weighted by atomic mass is 10.2. The van der Waals surface area contributed by atoms with Crippen LogP contribution in [0.25, 0.3) is 0 Å². The van der Waals surface area contributed by atoms with Gasteiger partial charge in [0.05, 0.1) is 0 Å². The largest absolute Gasteiger partial charge is 0.444 e. The second-order valence-corrected chi connectivity index (χ2v) is 6.94. The maximum absolute atomic E-state index is 11.5. The number of nitrogens with one attached hydrogen (secondary N) is 1. The monoisotopic (exact) mass is 300 g/mol. The highest BCUT2D eigenvalue weighted by Crippen LogP contribution is 2.21. The number of carbonyl (C=O) groups is 1. The first-order valence-corrected chi connectivity index (χ1v) is 7.33. The molecule has 0 aromatic carbocycles. The zero-order valence-corrected chi connectivity index (χ0v) is 13.6. The van der Waals surface area contributed by atoms with Gasteiger partial charge in [-0.05, 0) is 20.8 Å². The Morgan fingerprint density at radius 3 is 2.70 bits per heavy atom. The zero-order chi connectivity index (χ0) is 15.3. The molecular weight excluding hydrogens is 276 g/mol. The number of nitrogens with two attached hydrogens (primary N) is 1. The number of amides is 1. The van der Waals surface area contributed by atoms with Crippen LogP contribution in [0.5, 0.6) is 0 Å².